The summed E-state index contributed by atoms with van der Waals surface area (Å²) in [6.07, 6.45) is 14.4. The first-order chi connectivity index (χ1) is 7.80. The third-order valence-corrected chi connectivity index (χ3v) is 5.84. The van der Waals surface area contributed by atoms with Crippen LogP contribution in [0, 0.1) is 17.3 Å². The minimum absolute atomic E-state index is 0.558. The molecule has 1 heteroatoms. The lowest BCUT2D eigenvalue weighted by molar-refractivity contribution is 0.0439. The Morgan fingerprint density at radius 3 is 2.25 bits per heavy atom. The van der Waals surface area contributed by atoms with E-state index >= 15 is 0 Å². The highest BCUT2D eigenvalue weighted by Crippen LogP contribution is 2.52. The normalized spacial score (nSPS) is 36.0. The molecule has 0 aliphatic heterocycles. The molecule has 0 radical (unpaired) electrons. The van der Waals surface area contributed by atoms with Crippen LogP contribution in [-0.2, 0) is 0 Å². The Kier molecular flexibility index (Phi) is 4.58. The minimum Gasteiger partial charge on any atom is -0.126 e. The van der Waals surface area contributed by atoms with Crippen molar-refractivity contribution in [3.05, 3.63) is 0 Å². The number of unbranched alkanes of at least 4 members (excludes halogenated alkanes) is 1. The Hall–Kier alpha value is 0.290. The molecule has 0 N–H and O–H groups in total. The van der Waals surface area contributed by atoms with Crippen molar-refractivity contribution < 1.29 is 0 Å². The average molecular weight is 243 g/mol. The third-order valence-electron chi connectivity index (χ3n) is 5.30. The third kappa shape index (κ3) is 2.58. The molecule has 0 nitrogen and oxygen atoms in total. The summed E-state index contributed by atoms with van der Waals surface area (Å²) in [7, 11) is 0. The van der Waals surface area contributed by atoms with Gasteiger partial charge in [-0.15, -0.1) is 11.6 Å². The highest BCUT2D eigenvalue weighted by molar-refractivity contribution is 6.18. The molecule has 0 heterocycles. The first-order valence-electron chi connectivity index (χ1n) is 7.36. The largest absolute Gasteiger partial charge is 0.126 e. The van der Waals surface area contributed by atoms with E-state index in [1.54, 1.807) is 0 Å². The van der Waals surface area contributed by atoms with Crippen molar-refractivity contribution in [2.45, 2.75) is 71.1 Å². The molecule has 0 amide bonds. The number of hydrogen-bond donors (Lipinski definition) is 0. The lowest BCUT2D eigenvalue weighted by Gasteiger charge is -2.48. The lowest BCUT2D eigenvalue weighted by atomic mass is 9.58. The lowest BCUT2D eigenvalue weighted by Crippen LogP contribution is -2.40. The predicted molar refractivity (Wildman–Crippen MR) is 72.0 cm³/mol. The van der Waals surface area contributed by atoms with Gasteiger partial charge in [-0.05, 0) is 55.8 Å². The molecule has 0 aromatic heterocycles. The second-order valence-corrected chi connectivity index (χ2v) is 6.48. The molecular weight excluding hydrogens is 216 g/mol. The second kappa shape index (κ2) is 5.76. The summed E-state index contributed by atoms with van der Waals surface area (Å²) in [5, 5.41) is 0. The van der Waals surface area contributed by atoms with Gasteiger partial charge < -0.3 is 0 Å². The number of rotatable bonds is 5. The van der Waals surface area contributed by atoms with Crippen LogP contribution in [0.25, 0.3) is 0 Å². The molecule has 0 aromatic rings. The van der Waals surface area contributed by atoms with Crippen LogP contribution in [-0.4, -0.2) is 5.88 Å². The number of alkyl halides is 1. The number of halogens is 1. The predicted octanol–water partition coefficient (Wildman–Crippen LogP) is 5.39. The molecular formula is C15H27Cl. The Balaban J connectivity index is 1.81. The summed E-state index contributed by atoms with van der Waals surface area (Å²) in [5.74, 6) is 2.94. The van der Waals surface area contributed by atoms with Gasteiger partial charge in [0.25, 0.3) is 0 Å². The highest BCUT2D eigenvalue weighted by Gasteiger charge is 2.43. The van der Waals surface area contributed by atoms with E-state index < -0.39 is 0 Å². The van der Waals surface area contributed by atoms with Crippen LogP contribution in [0.15, 0.2) is 0 Å². The molecule has 0 unspecified atom stereocenters. The summed E-state index contributed by atoms with van der Waals surface area (Å²) in [6.45, 7) is 2.31. The quantitative estimate of drug-likeness (QED) is 0.567. The molecule has 0 bridgehead atoms. The van der Waals surface area contributed by atoms with Crippen molar-refractivity contribution in [1.29, 1.82) is 0 Å². The number of hydrogen-bond acceptors (Lipinski definition) is 0. The molecule has 0 aromatic carbocycles. The van der Waals surface area contributed by atoms with Crippen LogP contribution >= 0.6 is 11.6 Å². The highest BCUT2D eigenvalue weighted by atomic mass is 35.5. The Bertz CT molecular complexity index is 199. The fraction of sp³-hybridized carbons (Fsp3) is 1.00. The SMILES string of the molecule is CCCCC1CCC(CCl)(C2CCC2)CC1. The van der Waals surface area contributed by atoms with Gasteiger partial charge in [0, 0.05) is 5.88 Å². The Labute approximate surface area is 106 Å². The molecule has 0 atom stereocenters. The standard InChI is InChI=1S/C15H27Cl/c1-2-3-5-13-8-10-15(12-16,11-9-13)14-6-4-7-14/h13-14H,2-12H2,1H3. The summed E-state index contributed by atoms with van der Waals surface area (Å²) >= 11 is 6.30. The van der Waals surface area contributed by atoms with Gasteiger partial charge in [-0.25, -0.2) is 0 Å². The Morgan fingerprint density at radius 2 is 1.81 bits per heavy atom. The van der Waals surface area contributed by atoms with Gasteiger partial charge in [0.15, 0.2) is 0 Å². The monoisotopic (exact) mass is 242 g/mol. The summed E-state index contributed by atoms with van der Waals surface area (Å²) in [4.78, 5) is 0. The zero-order chi connectivity index (χ0) is 11.4. The molecule has 2 saturated carbocycles. The van der Waals surface area contributed by atoms with E-state index in [2.05, 4.69) is 6.92 Å². The smallest absolute Gasteiger partial charge is 0.0282 e. The summed E-state index contributed by atoms with van der Waals surface area (Å²) in [6, 6.07) is 0. The van der Waals surface area contributed by atoms with Gasteiger partial charge >= 0.3 is 0 Å². The minimum atomic E-state index is 0.558. The van der Waals surface area contributed by atoms with Crippen LogP contribution in [0.2, 0.25) is 0 Å². The van der Waals surface area contributed by atoms with E-state index in [9.17, 15) is 0 Å². The van der Waals surface area contributed by atoms with Crippen LogP contribution in [0.3, 0.4) is 0 Å². The second-order valence-electron chi connectivity index (χ2n) is 6.21. The van der Waals surface area contributed by atoms with E-state index in [0.717, 1.165) is 17.7 Å². The van der Waals surface area contributed by atoms with E-state index in [0.29, 0.717) is 5.41 Å². The van der Waals surface area contributed by atoms with E-state index in [1.807, 2.05) is 0 Å². The molecule has 2 fully saturated rings. The maximum atomic E-state index is 6.30. The van der Waals surface area contributed by atoms with Gasteiger partial charge in [-0.3, -0.25) is 0 Å². The van der Waals surface area contributed by atoms with Gasteiger partial charge in [0.05, 0.1) is 0 Å². The van der Waals surface area contributed by atoms with Crippen LogP contribution < -0.4 is 0 Å². The maximum Gasteiger partial charge on any atom is 0.0282 e. The van der Waals surface area contributed by atoms with Crippen molar-refractivity contribution in [2.24, 2.45) is 17.3 Å². The molecule has 0 spiro atoms. The Morgan fingerprint density at radius 1 is 1.12 bits per heavy atom. The van der Waals surface area contributed by atoms with Gasteiger partial charge in [0.1, 0.15) is 0 Å². The first-order valence-corrected chi connectivity index (χ1v) is 7.90. The molecule has 16 heavy (non-hydrogen) atoms. The van der Waals surface area contributed by atoms with Gasteiger partial charge in [-0.2, -0.15) is 0 Å². The summed E-state index contributed by atoms with van der Waals surface area (Å²) in [5.41, 5.74) is 0.558. The maximum absolute atomic E-state index is 6.30. The van der Waals surface area contributed by atoms with Crippen LogP contribution in [0.1, 0.15) is 71.1 Å². The zero-order valence-electron chi connectivity index (χ0n) is 10.8. The molecule has 2 aliphatic rings. The van der Waals surface area contributed by atoms with E-state index in [-0.39, 0.29) is 0 Å². The fourth-order valence-corrected chi connectivity index (χ4v) is 4.19. The average Bonchev–Trinajstić information content (AvgIpc) is 2.26. The van der Waals surface area contributed by atoms with Crippen molar-refractivity contribution >= 4 is 11.6 Å². The topological polar surface area (TPSA) is 0 Å². The molecule has 2 rings (SSSR count). The first kappa shape index (κ1) is 12.7. The van der Waals surface area contributed by atoms with Gasteiger partial charge in [-0.1, -0.05) is 32.6 Å². The van der Waals surface area contributed by atoms with E-state index in [1.165, 1.54) is 64.2 Å². The van der Waals surface area contributed by atoms with Crippen molar-refractivity contribution in [3.8, 4) is 0 Å². The molecule has 2 aliphatic carbocycles. The molecule has 94 valence electrons. The van der Waals surface area contributed by atoms with Crippen molar-refractivity contribution in [2.75, 3.05) is 5.88 Å². The summed E-state index contributed by atoms with van der Waals surface area (Å²) < 4.78 is 0. The van der Waals surface area contributed by atoms with E-state index in [4.69, 9.17) is 11.6 Å². The zero-order valence-corrected chi connectivity index (χ0v) is 11.6. The van der Waals surface area contributed by atoms with Crippen LogP contribution in [0.4, 0.5) is 0 Å². The van der Waals surface area contributed by atoms with Crippen LogP contribution in [0.5, 0.6) is 0 Å². The fourth-order valence-electron chi connectivity index (χ4n) is 3.71. The molecule has 0 saturated heterocycles. The van der Waals surface area contributed by atoms with Crippen molar-refractivity contribution in [3.63, 3.8) is 0 Å². The van der Waals surface area contributed by atoms with Gasteiger partial charge in [0.2, 0.25) is 0 Å². The van der Waals surface area contributed by atoms with Crippen molar-refractivity contribution in [1.82, 2.24) is 0 Å².